The lowest BCUT2D eigenvalue weighted by Gasteiger charge is -2.15. The predicted molar refractivity (Wildman–Crippen MR) is 65.9 cm³/mol. The largest absolute Gasteiger partial charge is 0.366 e. The molecule has 2 heterocycles. The fraction of sp³-hybridized carbons (Fsp3) is 0.636. The maximum Gasteiger partial charge on any atom is 0.171 e. The number of hydrogen-bond acceptors (Lipinski definition) is 4. The number of likely N-dealkylation sites (tertiary alicyclic amines) is 1. The highest BCUT2D eigenvalue weighted by molar-refractivity contribution is 6.31. The van der Waals surface area contributed by atoms with Gasteiger partial charge in [0.15, 0.2) is 11.0 Å². The van der Waals surface area contributed by atoms with Crippen LogP contribution in [0.1, 0.15) is 18.5 Å². The number of anilines is 1. The van der Waals surface area contributed by atoms with Crippen LogP contribution in [0.3, 0.4) is 0 Å². The van der Waals surface area contributed by atoms with Gasteiger partial charge in [-0.05, 0) is 32.9 Å². The second kappa shape index (κ2) is 5.46. The number of rotatable bonds is 4. The SMILES string of the molecule is Cc1cnc(NCCN2CCCC2)c(Cl)n1. The first-order valence-electron chi connectivity index (χ1n) is 5.71. The molecule has 1 aromatic rings. The summed E-state index contributed by atoms with van der Waals surface area (Å²) in [5.74, 6) is 0.687. The van der Waals surface area contributed by atoms with Crippen molar-refractivity contribution >= 4 is 17.4 Å². The van der Waals surface area contributed by atoms with Gasteiger partial charge in [0.25, 0.3) is 0 Å². The Morgan fingerprint density at radius 3 is 2.88 bits per heavy atom. The van der Waals surface area contributed by atoms with Gasteiger partial charge in [0.05, 0.1) is 11.9 Å². The second-order valence-corrected chi connectivity index (χ2v) is 4.48. The molecule has 0 bridgehead atoms. The Labute approximate surface area is 101 Å². The van der Waals surface area contributed by atoms with Crippen molar-refractivity contribution < 1.29 is 0 Å². The highest BCUT2D eigenvalue weighted by atomic mass is 35.5. The van der Waals surface area contributed by atoms with E-state index in [1.54, 1.807) is 6.20 Å². The van der Waals surface area contributed by atoms with Gasteiger partial charge in [-0.1, -0.05) is 11.6 Å². The summed E-state index contributed by atoms with van der Waals surface area (Å²) in [6, 6.07) is 0. The van der Waals surface area contributed by atoms with Gasteiger partial charge in [0, 0.05) is 13.1 Å². The van der Waals surface area contributed by atoms with E-state index in [0.717, 1.165) is 18.8 Å². The van der Waals surface area contributed by atoms with Gasteiger partial charge in [-0.2, -0.15) is 0 Å². The maximum atomic E-state index is 5.98. The first kappa shape index (κ1) is 11.6. The van der Waals surface area contributed by atoms with Crippen molar-refractivity contribution in [3.8, 4) is 0 Å². The van der Waals surface area contributed by atoms with Crippen LogP contribution in [0.2, 0.25) is 5.15 Å². The molecule has 0 aromatic carbocycles. The third-order valence-corrected chi connectivity index (χ3v) is 3.03. The van der Waals surface area contributed by atoms with Gasteiger partial charge in [-0.15, -0.1) is 0 Å². The number of aromatic nitrogens is 2. The number of aryl methyl sites for hydroxylation is 1. The lowest BCUT2D eigenvalue weighted by atomic mass is 10.4. The third-order valence-electron chi connectivity index (χ3n) is 2.77. The summed E-state index contributed by atoms with van der Waals surface area (Å²) in [5.41, 5.74) is 0.843. The number of hydrogen-bond donors (Lipinski definition) is 1. The fourth-order valence-electron chi connectivity index (χ4n) is 1.91. The zero-order chi connectivity index (χ0) is 11.4. The standard InChI is InChI=1S/C11H17ClN4/c1-9-8-14-11(10(12)15-9)13-4-7-16-5-2-3-6-16/h8H,2-7H2,1H3,(H,13,14). The molecule has 4 nitrogen and oxygen atoms in total. The highest BCUT2D eigenvalue weighted by Crippen LogP contribution is 2.15. The van der Waals surface area contributed by atoms with E-state index in [-0.39, 0.29) is 0 Å². The molecule has 0 atom stereocenters. The van der Waals surface area contributed by atoms with Crippen LogP contribution < -0.4 is 5.32 Å². The first-order valence-corrected chi connectivity index (χ1v) is 6.09. The summed E-state index contributed by atoms with van der Waals surface area (Å²) in [4.78, 5) is 10.8. The summed E-state index contributed by atoms with van der Waals surface area (Å²) in [7, 11) is 0. The van der Waals surface area contributed by atoms with Gasteiger partial charge >= 0.3 is 0 Å². The minimum atomic E-state index is 0.460. The van der Waals surface area contributed by atoms with Gasteiger partial charge < -0.3 is 10.2 Å². The Hall–Kier alpha value is -0.870. The van der Waals surface area contributed by atoms with E-state index in [0.29, 0.717) is 11.0 Å². The second-order valence-electron chi connectivity index (χ2n) is 4.13. The van der Waals surface area contributed by atoms with Crippen molar-refractivity contribution in [3.63, 3.8) is 0 Å². The maximum absolute atomic E-state index is 5.98. The predicted octanol–water partition coefficient (Wildman–Crippen LogP) is 1.95. The summed E-state index contributed by atoms with van der Waals surface area (Å²) < 4.78 is 0. The Bertz CT molecular complexity index is 350. The molecule has 0 aliphatic carbocycles. The van der Waals surface area contributed by atoms with Gasteiger partial charge in [0.1, 0.15) is 0 Å². The van der Waals surface area contributed by atoms with E-state index in [4.69, 9.17) is 11.6 Å². The van der Waals surface area contributed by atoms with Crippen molar-refractivity contribution in [1.29, 1.82) is 0 Å². The van der Waals surface area contributed by atoms with Crippen LogP contribution in [0.4, 0.5) is 5.82 Å². The molecule has 1 aliphatic heterocycles. The van der Waals surface area contributed by atoms with Gasteiger partial charge in [-0.25, -0.2) is 9.97 Å². The Kier molecular flexibility index (Phi) is 3.96. The smallest absolute Gasteiger partial charge is 0.171 e. The zero-order valence-corrected chi connectivity index (χ0v) is 10.3. The number of nitrogens with zero attached hydrogens (tertiary/aromatic N) is 3. The van der Waals surface area contributed by atoms with E-state index in [9.17, 15) is 0 Å². The molecule has 1 aliphatic rings. The van der Waals surface area contributed by atoms with E-state index < -0.39 is 0 Å². The zero-order valence-electron chi connectivity index (χ0n) is 9.54. The van der Waals surface area contributed by atoms with Gasteiger partial charge in [-0.3, -0.25) is 0 Å². The van der Waals surface area contributed by atoms with Crippen molar-refractivity contribution in [2.24, 2.45) is 0 Å². The molecular formula is C11H17ClN4. The molecule has 1 fully saturated rings. The molecule has 0 radical (unpaired) electrons. The molecule has 0 saturated carbocycles. The summed E-state index contributed by atoms with van der Waals surface area (Å²) in [6.45, 7) is 6.24. The quantitative estimate of drug-likeness (QED) is 0.874. The molecule has 2 rings (SSSR count). The molecule has 1 aromatic heterocycles. The topological polar surface area (TPSA) is 41.1 Å². The van der Waals surface area contributed by atoms with Crippen molar-refractivity contribution in [1.82, 2.24) is 14.9 Å². The molecule has 0 unspecified atom stereocenters. The highest BCUT2D eigenvalue weighted by Gasteiger charge is 2.10. The number of nitrogens with one attached hydrogen (secondary N) is 1. The molecule has 16 heavy (non-hydrogen) atoms. The lowest BCUT2D eigenvalue weighted by molar-refractivity contribution is 0.352. The van der Waals surface area contributed by atoms with E-state index in [2.05, 4.69) is 20.2 Å². The van der Waals surface area contributed by atoms with Crippen molar-refractivity contribution in [2.75, 3.05) is 31.5 Å². The summed E-state index contributed by atoms with van der Waals surface area (Å²) in [5, 5.41) is 3.68. The molecule has 1 N–H and O–H groups in total. The molecule has 0 spiro atoms. The minimum absolute atomic E-state index is 0.460. The molecule has 1 saturated heterocycles. The van der Waals surface area contributed by atoms with E-state index in [1.165, 1.54) is 25.9 Å². The van der Waals surface area contributed by atoms with Crippen LogP contribution in [0, 0.1) is 6.92 Å². The normalized spacial score (nSPS) is 16.6. The number of halogens is 1. The van der Waals surface area contributed by atoms with Crippen LogP contribution in [0.25, 0.3) is 0 Å². The summed E-state index contributed by atoms with van der Waals surface area (Å²) in [6.07, 6.45) is 4.38. The molecule has 0 amide bonds. The van der Waals surface area contributed by atoms with Gasteiger partial charge in [0.2, 0.25) is 0 Å². The fourth-order valence-corrected chi connectivity index (χ4v) is 2.15. The van der Waals surface area contributed by atoms with E-state index in [1.807, 2.05) is 6.92 Å². The van der Waals surface area contributed by atoms with Crippen LogP contribution in [0.5, 0.6) is 0 Å². The monoisotopic (exact) mass is 240 g/mol. The Balaban J connectivity index is 1.80. The Morgan fingerprint density at radius 1 is 1.44 bits per heavy atom. The minimum Gasteiger partial charge on any atom is -0.366 e. The van der Waals surface area contributed by atoms with Crippen LogP contribution in [-0.2, 0) is 0 Å². The summed E-state index contributed by atoms with van der Waals surface area (Å²) >= 11 is 5.98. The molecular weight excluding hydrogens is 224 g/mol. The average molecular weight is 241 g/mol. The molecule has 88 valence electrons. The van der Waals surface area contributed by atoms with Crippen molar-refractivity contribution in [2.45, 2.75) is 19.8 Å². The average Bonchev–Trinajstić information content (AvgIpc) is 2.74. The molecule has 5 heteroatoms. The Morgan fingerprint density at radius 2 is 2.19 bits per heavy atom. The third kappa shape index (κ3) is 3.06. The van der Waals surface area contributed by atoms with Crippen LogP contribution in [0.15, 0.2) is 6.20 Å². The lowest BCUT2D eigenvalue weighted by Crippen LogP contribution is -2.26. The van der Waals surface area contributed by atoms with Crippen LogP contribution in [-0.4, -0.2) is 41.0 Å². The first-order chi connectivity index (χ1) is 7.75. The van der Waals surface area contributed by atoms with E-state index >= 15 is 0 Å². The van der Waals surface area contributed by atoms with Crippen LogP contribution >= 0.6 is 11.6 Å². The van der Waals surface area contributed by atoms with Crippen molar-refractivity contribution in [3.05, 3.63) is 17.0 Å².